The summed E-state index contributed by atoms with van der Waals surface area (Å²) in [5.74, 6) is -0.0527. The molecule has 0 heterocycles. The molecule has 0 saturated carbocycles. The van der Waals surface area contributed by atoms with Gasteiger partial charge in [-0.15, -0.1) is 0 Å². The summed E-state index contributed by atoms with van der Waals surface area (Å²) in [6.45, 7) is 0. The fraction of sp³-hybridized carbons (Fsp3) is 0.188. The average molecular weight is 621 g/mol. The molecule has 0 aliphatic carbocycles. The lowest BCUT2D eigenvalue weighted by atomic mass is 10.2. The lowest BCUT2D eigenvalue weighted by Crippen LogP contribution is -2.16. The average Bonchev–Trinajstić information content (AvgIpc) is 2.47. The van der Waals surface area contributed by atoms with E-state index in [9.17, 15) is 4.79 Å². The maximum Gasteiger partial charge on any atom is 0.201 e. The fourth-order valence-electron chi connectivity index (χ4n) is 1.55. The van der Waals surface area contributed by atoms with Crippen LogP contribution < -0.4 is 0 Å². The molecule has 0 fully saturated rings. The Bertz CT molecular complexity index is 564. The van der Waals surface area contributed by atoms with Crippen molar-refractivity contribution in [1.82, 2.24) is 0 Å². The van der Waals surface area contributed by atoms with Crippen molar-refractivity contribution in [2.24, 2.45) is 0 Å². The van der Waals surface area contributed by atoms with Crippen molar-refractivity contribution < 1.29 is 4.79 Å². The molecule has 0 aliphatic rings. The van der Waals surface area contributed by atoms with Gasteiger partial charge in [0.05, 0.1) is 3.74 Å². The van der Waals surface area contributed by atoms with Crippen molar-refractivity contribution in [3.63, 3.8) is 0 Å². The largest absolute Gasteiger partial charge is 0.291 e. The van der Waals surface area contributed by atoms with Gasteiger partial charge in [0.1, 0.15) is 0 Å². The van der Waals surface area contributed by atoms with Crippen molar-refractivity contribution >= 4 is 85.4 Å². The monoisotopic (exact) mass is 616 g/mol. The summed E-state index contributed by atoms with van der Waals surface area (Å²) in [6.07, 6.45) is 1.03. The third kappa shape index (κ3) is 8.39. The first-order valence-electron chi connectivity index (χ1n) is 6.29. The van der Waals surface area contributed by atoms with Gasteiger partial charge in [-0.2, -0.15) is 0 Å². The molecule has 118 valence electrons. The van der Waals surface area contributed by atoms with Crippen LogP contribution in [0.4, 0.5) is 0 Å². The second-order valence-electron chi connectivity index (χ2n) is 4.27. The Labute approximate surface area is 172 Å². The minimum Gasteiger partial charge on any atom is -0.291 e. The zero-order valence-corrected chi connectivity index (χ0v) is 19.3. The Balaban J connectivity index is 0.000000224. The first kappa shape index (κ1) is 20.6. The van der Waals surface area contributed by atoms with Gasteiger partial charge in [-0.1, -0.05) is 140 Å². The molecule has 0 aliphatic heterocycles. The van der Waals surface area contributed by atoms with Gasteiger partial charge in [0, 0.05) is 5.56 Å². The van der Waals surface area contributed by atoms with Crippen molar-refractivity contribution in [1.29, 1.82) is 0 Å². The Morgan fingerprint density at radius 1 is 0.864 bits per heavy atom. The van der Waals surface area contributed by atoms with Crippen molar-refractivity contribution in [2.45, 2.75) is 12.3 Å². The van der Waals surface area contributed by atoms with E-state index in [1.807, 2.05) is 24.3 Å². The molecule has 0 bridgehead atoms. The van der Waals surface area contributed by atoms with E-state index in [0.29, 0.717) is 9.30 Å². The van der Waals surface area contributed by atoms with Crippen molar-refractivity contribution in [3.05, 3.63) is 71.8 Å². The quantitative estimate of drug-likeness (QED) is 0.266. The minimum absolute atomic E-state index is 0.0527. The summed E-state index contributed by atoms with van der Waals surface area (Å²) in [6, 6.07) is 19.4. The number of benzene rings is 2. The predicted octanol–water partition coefficient (Wildman–Crippen LogP) is 7.05. The number of carbonyl (C=O) groups excluding carboxylic acids is 1. The summed E-state index contributed by atoms with van der Waals surface area (Å²) in [4.78, 5) is 11.5. The van der Waals surface area contributed by atoms with Gasteiger partial charge in [-0.05, 0) is 12.0 Å². The van der Waals surface area contributed by atoms with Crippen LogP contribution >= 0.6 is 79.6 Å². The molecule has 6 heteroatoms. The Kier molecular flexibility index (Phi) is 9.71. The minimum atomic E-state index is -0.839. The van der Waals surface area contributed by atoms with Crippen LogP contribution in [-0.4, -0.2) is 11.7 Å². The van der Waals surface area contributed by atoms with Crippen LogP contribution in [-0.2, 0) is 6.42 Å². The summed E-state index contributed by atoms with van der Waals surface area (Å²) >= 11 is 16.3. The Morgan fingerprint density at radius 3 is 1.73 bits per heavy atom. The number of rotatable bonds is 3. The van der Waals surface area contributed by atoms with Crippen LogP contribution in [0.3, 0.4) is 0 Å². The van der Waals surface area contributed by atoms with Gasteiger partial charge in [0.25, 0.3) is 0 Å². The Morgan fingerprint density at radius 2 is 1.32 bits per heavy atom. The van der Waals surface area contributed by atoms with E-state index in [4.69, 9.17) is 0 Å². The van der Waals surface area contributed by atoms with Crippen LogP contribution in [0.2, 0.25) is 0 Å². The molecule has 2 aromatic rings. The molecule has 2 aromatic carbocycles. The van der Waals surface area contributed by atoms with Crippen LogP contribution in [0, 0.1) is 0 Å². The summed E-state index contributed by atoms with van der Waals surface area (Å²) < 4.78 is -0.448. The van der Waals surface area contributed by atoms with Crippen LogP contribution in [0.25, 0.3) is 0 Å². The van der Waals surface area contributed by atoms with Gasteiger partial charge < -0.3 is 0 Å². The van der Waals surface area contributed by atoms with E-state index in [1.54, 1.807) is 12.1 Å². The SMILES string of the molecule is BrC(Br)Cc1ccccc1.O=C(c1ccccc1)C(Br)(Br)Br. The molecule has 0 atom stereocenters. The third-order valence-corrected chi connectivity index (χ3v) is 4.25. The van der Waals surface area contributed by atoms with Crippen LogP contribution in [0.5, 0.6) is 0 Å². The van der Waals surface area contributed by atoms with E-state index in [-0.39, 0.29) is 5.78 Å². The van der Waals surface area contributed by atoms with Gasteiger partial charge in [0.15, 0.2) is 2.14 Å². The highest BCUT2D eigenvalue weighted by atomic mass is 80.0. The third-order valence-electron chi connectivity index (χ3n) is 2.53. The number of hydrogen-bond acceptors (Lipinski definition) is 1. The molecule has 0 unspecified atom stereocenters. The highest BCUT2D eigenvalue weighted by molar-refractivity contribution is 9.40. The topological polar surface area (TPSA) is 17.1 Å². The van der Waals surface area contributed by atoms with Gasteiger partial charge >= 0.3 is 0 Å². The van der Waals surface area contributed by atoms with E-state index >= 15 is 0 Å². The molecule has 22 heavy (non-hydrogen) atoms. The number of Topliss-reactive ketones (excluding diaryl/α,β-unsaturated/α-hetero) is 1. The molecule has 0 aromatic heterocycles. The fourth-order valence-corrected chi connectivity index (χ4v) is 2.98. The molecular weight excluding hydrogens is 608 g/mol. The molecular formula is C16H13Br5O. The standard InChI is InChI=1S/C8H5Br3O.C8H8Br2/c9-8(10,11)7(12)6-4-2-1-3-5-6;9-8(10)6-7-4-2-1-3-5-7/h1-5H;1-5,8H,6H2. The van der Waals surface area contributed by atoms with Gasteiger partial charge in [-0.25, -0.2) is 0 Å². The predicted molar refractivity (Wildman–Crippen MR) is 112 cm³/mol. The van der Waals surface area contributed by atoms with Crippen molar-refractivity contribution in [3.8, 4) is 0 Å². The van der Waals surface area contributed by atoms with E-state index < -0.39 is 2.14 Å². The maximum atomic E-state index is 11.5. The maximum absolute atomic E-state index is 11.5. The highest BCUT2D eigenvalue weighted by Gasteiger charge is 2.29. The number of carbonyl (C=O) groups is 1. The molecule has 0 amide bonds. The zero-order valence-electron chi connectivity index (χ0n) is 11.4. The lowest BCUT2D eigenvalue weighted by Gasteiger charge is -2.09. The second kappa shape index (κ2) is 10.4. The van der Waals surface area contributed by atoms with Crippen LogP contribution in [0.15, 0.2) is 60.7 Å². The van der Waals surface area contributed by atoms with Crippen LogP contribution in [0.1, 0.15) is 15.9 Å². The molecule has 2 rings (SSSR count). The number of alkyl halides is 5. The number of hydrogen-bond donors (Lipinski definition) is 0. The molecule has 0 radical (unpaired) electrons. The van der Waals surface area contributed by atoms with E-state index in [1.165, 1.54) is 5.56 Å². The molecule has 0 saturated heterocycles. The van der Waals surface area contributed by atoms with E-state index in [2.05, 4.69) is 104 Å². The number of ketones is 1. The van der Waals surface area contributed by atoms with Crippen molar-refractivity contribution in [2.75, 3.05) is 0 Å². The zero-order chi connectivity index (χ0) is 16.6. The Hall–Kier alpha value is 0.510. The highest BCUT2D eigenvalue weighted by Crippen LogP contribution is 2.36. The van der Waals surface area contributed by atoms with Gasteiger partial charge in [0.2, 0.25) is 5.78 Å². The smallest absolute Gasteiger partial charge is 0.201 e. The van der Waals surface area contributed by atoms with E-state index in [0.717, 1.165) is 6.42 Å². The summed E-state index contributed by atoms with van der Waals surface area (Å²) in [5.41, 5.74) is 2.00. The molecule has 1 nitrogen and oxygen atoms in total. The lowest BCUT2D eigenvalue weighted by molar-refractivity contribution is 0.101. The number of halogens is 5. The van der Waals surface area contributed by atoms with Gasteiger partial charge in [-0.3, -0.25) is 4.79 Å². The normalized spacial score (nSPS) is 10.8. The first-order valence-corrected chi connectivity index (χ1v) is 10.5. The first-order chi connectivity index (χ1) is 10.3. The second-order valence-corrected chi connectivity index (χ2v) is 14.5. The molecule has 0 N–H and O–H groups in total. The summed E-state index contributed by atoms with van der Waals surface area (Å²) in [7, 11) is 0. The summed E-state index contributed by atoms with van der Waals surface area (Å²) in [5, 5.41) is 0. The molecule has 0 spiro atoms.